The van der Waals surface area contributed by atoms with Crippen molar-refractivity contribution >= 4 is 0 Å². The van der Waals surface area contributed by atoms with Gasteiger partial charge >= 0.3 is 0 Å². The first kappa shape index (κ1) is 15.2. The average molecular weight is 247 g/mol. The fourth-order valence-electron chi connectivity index (χ4n) is 2.58. The van der Waals surface area contributed by atoms with Gasteiger partial charge in [-0.15, -0.1) is 0 Å². The highest BCUT2D eigenvalue weighted by atomic mass is 15.1. The monoisotopic (exact) mass is 247 g/mol. The Balaban J connectivity index is 2.07. The number of hydrogen-bond acceptors (Lipinski definition) is 1. The molecule has 1 aliphatic rings. The van der Waals surface area contributed by atoms with Crippen LogP contribution in [0.4, 0.5) is 0 Å². The standard InChI is InChI=1S/C17H29N/c1-3-5-6-7-8-9-10-14-18-15-12-17(11-4-2)13-16-18/h3,5-9,17H,4,10-16H2,1-2H3/b5-3+,7-6-,9-8-. The lowest BCUT2D eigenvalue weighted by atomic mass is 9.92. The van der Waals surface area contributed by atoms with E-state index in [0.29, 0.717) is 0 Å². The third-order valence-corrected chi connectivity index (χ3v) is 3.68. The number of hydrogen-bond donors (Lipinski definition) is 0. The number of piperidine rings is 1. The molecule has 0 bridgehead atoms. The van der Waals surface area contributed by atoms with E-state index in [1.165, 1.54) is 51.7 Å². The third kappa shape index (κ3) is 6.80. The Labute approximate surface area is 113 Å². The molecule has 1 fully saturated rings. The molecule has 1 heterocycles. The average Bonchev–Trinajstić information content (AvgIpc) is 2.40. The van der Waals surface area contributed by atoms with Crippen molar-refractivity contribution in [3.63, 3.8) is 0 Å². The molecule has 1 heteroatoms. The fourth-order valence-corrected chi connectivity index (χ4v) is 2.58. The zero-order valence-corrected chi connectivity index (χ0v) is 12.1. The van der Waals surface area contributed by atoms with E-state index in [9.17, 15) is 0 Å². The van der Waals surface area contributed by atoms with Crippen molar-refractivity contribution in [1.29, 1.82) is 0 Å². The molecular formula is C17H29N. The van der Waals surface area contributed by atoms with Crippen LogP contribution in [0, 0.1) is 5.92 Å². The van der Waals surface area contributed by atoms with Crippen LogP contribution in [0.1, 0.15) is 46.0 Å². The molecule has 0 aromatic carbocycles. The topological polar surface area (TPSA) is 3.24 Å². The summed E-state index contributed by atoms with van der Waals surface area (Å²) >= 11 is 0. The van der Waals surface area contributed by atoms with Gasteiger partial charge in [-0.25, -0.2) is 0 Å². The van der Waals surface area contributed by atoms with Crippen LogP contribution in [0.25, 0.3) is 0 Å². The minimum atomic E-state index is 1.01. The van der Waals surface area contributed by atoms with Gasteiger partial charge in [0.2, 0.25) is 0 Å². The van der Waals surface area contributed by atoms with Gasteiger partial charge in [-0.05, 0) is 45.2 Å². The Kier molecular flexibility index (Phi) is 8.58. The third-order valence-electron chi connectivity index (χ3n) is 3.68. The van der Waals surface area contributed by atoms with Crippen molar-refractivity contribution in [2.75, 3.05) is 19.6 Å². The summed E-state index contributed by atoms with van der Waals surface area (Å²) in [5, 5.41) is 0. The molecule has 0 spiro atoms. The molecule has 0 radical (unpaired) electrons. The van der Waals surface area contributed by atoms with E-state index in [4.69, 9.17) is 0 Å². The van der Waals surface area contributed by atoms with Crippen molar-refractivity contribution in [3.05, 3.63) is 36.5 Å². The van der Waals surface area contributed by atoms with Gasteiger partial charge in [0.25, 0.3) is 0 Å². The minimum absolute atomic E-state index is 1.01. The Morgan fingerprint density at radius 2 is 1.78 bits per heavy atom. The van der Waals surface area contributed by atoms with Crippen LogP contribution >= 0.6 is 0 Å². The van der Waals surface area contributed by atoms with Crippen LogP contribution in [0.15, 0.2) is 36.5 Å². The molecule has 1 nitrogen and oxygen atoms in total. The Morgan fingerprint density at radius 1 is 1.06 bits per heavy atom. The highest BCUT2D eigenvalue weighted by Gasteiger charge is 2.17. The molecule has 0 N–H and O–H groups in total. The molecule has 0 unspecified atom stereocenters. The van der Waals surface area contributed by atoms with E-state index in [1.54, 1.807) is 0 Å². The maximum atomic E-state index is 2.62. The first-order valence-electron chi connectivity index (χ1n) is 7.53. The van der Waals surface area contributed by atoms with Gasteiger partial charge in [0, 0.05) is 6.54 Å². The van der Waals surface area contributed by atoms with Crippen molar-refractivity contribution in [2.24, 2.45) is 5.92 Å². The summed E-state index contributed by atoms with van der Waals surface area (Å²) in [5.41, 5.74) is 0. The fraction of sp³-hybridized carbons (Fsp3) is 0.647. The molecule has 0 aromatic heterocycles. The van der Waals surface area contributed by atoms with E-state index < -0.39 is 0 Å². The van der Waals surface area contributed by atoms with Gasteiger partial charge in [-0.2, -0.15) is 0 Å². The predicted octanol–water partition coefficient (Wildman–Crippen LogP) is 4.58. The zero-order chi connectivity index (χ0) is 13.1. The number of rotatable bonds is 7. The van der Waals surface area contributed by atoms with Gasteiger partial charge in [0.1, 0.15) is 0 Å². The first-order chi connectivity index (χ1) is 8.86. The van der Waals surface area contributed by atoms with Crippen LogP contribution in [-0.4, -0.2) is 24.5 Å². The number of likely N-dealkylation sites (tertiary alicyclic amines) is 1. The molecule has 0 atom stereocenters. The maximum absolute atomic E-state index is 2.62. The molecule has 18 heavy (non-hydrogen) atoms. The molecule has 1 rings (SSSR count). The van der Waals surface area contributed by atoms with E-state index in [-0.39, 0.29) is 0 Å². The van der Waals surface area contributed by atoms with Gasteiger partial charge in [-0.1, -0.05) is 56.2 Å². The Bertz CT molecular complexity index is 267. The van der Waals surface area contributed by atoms with Gasteiger partial charge in [0.15, 0.2) is 0 Å². The van der Waals surface area contributed by atoms with Crippen LogP contribution in [0.2, 0.25) is 0 Å². The maximum Gasteiger partial charge on any atom is 0.00160 e. The molecule has 1 aliphatic heterocycles. The van der Waals surface area contributed by atoms with Gasteiger partial charge < -0.3 is 4.90 Å². The van der Waals surface area contributed by atoms with E-state index >= 15 is 0 Å². The van der Waals surface area contributed by atoms with E-state index in [0.717, 1.165) is 5.92 Å². The second-order valence-corrected chi connectivity index (χ2v) is 5.20. The zero-order valence-electron chi connectivity index (χ0n) is 12.1. The molecule has 1 saturated heterocycles. The second-order valence-electron chi connectivity index (χ2n) is 5.20. The van der Waals surface area contributed by atoms with Crippen molar-refractivity contribution in [3.8, 4) is 0 Å². The summed E-state index contributed by atoms with van der Waals surface area (Å²) < 4.78 is 0. The molecular weight excluding hydrogens is 218 g/mol. The second kappa shape index (κ2) is 10.1. The molecule has 0 saturated carbocycles. The van der Waals surface area contributed by atoms with Gasteiger partial charge in [-0.3, -0.25) is 0 Å². The Morgan fingerprint density at radius 3 is 2.44 bits per heavy atom. The summed E-state index contributed by atoms with van der Waals surface area (Å²) in [5.74, 6) is 1.01. The molecule has 0 amide bonds. The molecule has 0 aromatic rings. The molecule has 102 valence electrons. The van der Waals surface area contributed by atoms with E-state index in [1.807, 2.05) is 13.0 Å². The highest BCUT2D eigenvalue weighted by molar-refractivity contribution is 5.10. The van der Waals surface area contributed by atoms with Crippen LogP contribution < -0.4 is 0 Å². The summed E-state index contributed by atoms with van der Waals surface area (Å²) in [4.78, 5) is 2.62. The predicted molar refractivity (Wildman–Crippen MR) is 81.8 cm³/mol. The van der Waals surface area contributed by atoms with Crippen molar-refractivity contribution in [1.82, 2.24) is 4.90 Å². The highest BCUT2D eigenvalue weighted by Crippen LogP contribution is 2.21. The summed E-state index contributed by atoms with van der Waals surface area (Å²) in [6.45, 7) is 8.20. The van der Waals surface area contributed by atoms with Crippen LogP contribution in [0.3, 0.4) is 0 Å². The lowest BCUT2D eigenvalue weighted by Gasteiger charge is -2.31. The minimum Gasteiger partial charge on any atom is -0.303 e. The normalized spacial score (nSPS) is 19.7. The lowest BCUT2D eigenvalue weighted by molar-refractivity contribution is 0.181. The number of allylic oxidation sites excluding steroid dienone is 5. The Hall–Kier alpha value is -0.820. The molecule has 0 aliphatic carbocycles. The number of nitrogens with zero attached hydrogens (tertiary/aromatic N) is 1. The summed E-state index contributed by atoms with van der Waals surface area (Å²) in [6.07, 6.45) is 19.5. The van der Waals surface area contributed by atoms with Gasteiger partial charge in [0.05, 0.1) is 0 Å². The van der Waals surface area contributed by atoms with Crippen molar-refractivity contribution < 1.29 is 0 Å². The van der Waals surface area contributed by atoms with Crippen LogP contribution in [-0.2, 0) is 0 Å². The quantitative estimate of drug-likeness (QED) is 0.595. The largest absolute Gasteiger partial charge is 0.303 e. The smallest absolute Gasteiger partial charge is 0.00160 e. The SMILES string of the molecule is C/C=C/C=C\C=C/CCN1CCC(CCC)CC1. The van der Waals surface area contributed by atoms with Crippen LogP contribution in [0.5, 0.6) is 0 Å². The summed E-state index contributed by atoms with van der Waals surface area (Å²) in [7, 11) is 0. The first-order valence-corrected chi connectivity index (χ1v) is 7.53. The van der Waals surface area contributed by atoms with E-state index in [2.05, 4.69) is 42.2 Å². The van der Waals surface area contributed by atoms with Crippen molar-refractivity contribution in [2.45, 2.75) is 46.0 Å². The summed E-state index contributed by atoms with van der Waals surface area (Å²) in [6, 6.07) is 0. The lowest BCUT2D eigenvalue weighted by Crippen LogP contribution is -2.34.